The zero-order valence-corrected chi connectivity index (χ0v) is 11.0. The van der Waals surface area contributed by atoms with E-state index < -0.39 is 0 Å². The number of aryl methyl sites for hydroxylation is 1. The highest BCUT2D eigenvalue weighted by atomic mass is 35.5. The lowest BCUT2D eigenvalue weighted by atomic mass is 10.1. The van der Waals surface area contributed by atoms with Gasteiger partial charge in [-0.2, -0.15) is 0 Å². The van der Waals surface area contributed by atoms with E-state index in [0.29, 0.717) is 36.8 Å². The van der Waals surface area contributed by atoms with Gasteiger partial charge in [-0.3, -0.25) is 4.79 Å². The Hall–Kier alpha value is -1.26. The number of halogens is 1. The lowest BCUT2D eigenvalue weighted by Crippen LogP contribution is -2.48. The third-order valence-electron chi connectivity index (χ3n) is 2.86. The zero-order chi connectivity index (χ0) is 13.0. The van der Waals surface area contributed by atoms with E-state index in [9.17, 15) is 4.79 Å². The van der Waals surface area contributed by atoms with E-state index >= 15 is 0 Å². The van der Waals surface area contributed by atoms with Crippen LogP contribution in [-0.2, 0) is 16.0 Å². The first-order valence-corrected chi connectivity index (χ1v) is 6.26. The third-order valence-corrected chi connectivity index (χ3v) is 3.16. The van der Waals surface area contributed by atoms with Crippen LogP contribution in [0, 0.1) is 0 Å². The summed E-state index contributed by atoms with van der Waals surface area (Å²) < 4.78 is 10.1. The number of carbonyl (C=O) groups excluding carboxylic acids is 1. The molecule has 0 atom stereocenters. The van der Waals surface area contributed by atoms with Gasteiger partial charge in [0.15, 0.2) is 0 Å². The minimum Gasteiger partial charge on any atom is -0.495 e. The van der Waals surface area contributed by atoms with E-state index in [1.165, 1.54) is 0 Å². The number of benzene rings is 1. The Labute approximate surface area is 111 Å². The van der Waals surface area contributed by atoms with Crippen molar-refractivity contribution < 1.29 is 14.3 Å². The number of hydrogen-bond donors (Lipinski definition) is 1. The summed E-state index contributed by atoms with van der Waals surface area (Å²) in [6, 6.07) is 5.76. The number of hydrogen-bond acceptors (Lipinski definition) is 3. The van der Waals surface area contributed by atoms with Crippen LogP contribution < -0.4 is 10.1 Å². The Kier molecular flexibility index (Phi) is 4.44. The SMILES string of the molecule is COc1ccc(CCC(=O)NC2COC2)cc1Cl. The molecule has 1 aliphatic rings. The molecular formula is C13H16ClNO3. The van der Waals surface area contributed by atoms with Gasteiger partial charge in [0.05, 0.1) is 31.4 Å². The van der Waals surface area contributed by atoms with Crippen LogP contribution >= 0.6 is 11.6 Å². The Morgan fingerprint density at radius 3 is 2.89 bits per heavy atom. The summed E-state index contributed by atoms with van der Waals surface area (Å²) in [7, 11) is 1.58. The van der Waals surface area contributed by atoms with Crippen molar-refractivity contribution in [3.63, 3.8) is 0 Å². The second kappa shape index (κ2) is 6.07. The minimum atomic E-state index is 0.0511. The molecule has 0 aliphatic carbocycles. The summed E-state index contributed by atoms with van der Waals surface area (Å²) in [5.74, 6) is 0.701. The molecule has 18 heavy (non-hydrogen) atoms. The molecule has 0 saturated carbocycles. The molecule has 1 heterocycles. The molecule has 1 saturated heterocycles. The average molecular weight is 270 g/mol. The topological polar surface area (TPSA) is 47.6 Å². The zero-order valence-electron chi connectivity index (χ0n) is 10.2. The molecule has 0 bridgehead atoms. The quantitative estimate of drug-likeness (QED) is 0.887. The van der Waals surface area contributed by atoms with Crippen molar-refractivity contribution in [3.8, 4) is 5.75 Å². The molecule has 0 unspecified atom stereocenters. The van der Waals surface area contributed by atoms with Gasteiger partial charge in [0, 0.05) is 6.42 Å². The van der Waals surface area contributed by atoms with E-state index in [1.807, 2.05) is 18.2 Å². The van der Waals surface area contributed by atoms with Gasteiger partial charge in [0.2, 0.25) is 5.91 Å². The first-order valence-electron chi connectivity index (χ1n) is 5.88. The number of nitrogens with one attached hydrogen (secondary N) is 1. The Morgan fingerprint density at radius 1 is 1.56 bits per heavy atom. The highest BCUT2D eigenvalue weighted by Gasteiger charge is 2.19. The Balaban J connectivity index is 1.81. The fraction of sp³-hybridized carbons (Fsp3) is 0.462. The van der Waals surface area contributed by atoms with Gasteiger partial charge in [0.25, 0.3) is 0 Å². The monoisotopic (exact) mass is 269 g/mol. The fourth-order valence-electron chi connectivity index (χ4n) is 1.74. The molecular weight excluding hydrogens is 254 g/mol. The van der Waals surface area contributed by atoms with Crippen LogP contribution in [0.2, 0.25) is 5.02 Å². The van der Waals surface area contributed by atoms with E-state index in [4.69, 9.17) is 21.1 Å². The number of methoxy groups -OCH3 is 1. The van der Waals surface area contributed by atoms with Crippen LogP contribution in [-0.4, -0.2) is 32.3 Å². The van der Waals surface area contributed by atoms with Crippen LogP contribution in [0.15, 0.2) is 18.2 Å². The third kappa shape index (κ3) is 3.37. The molecule has 0 spiro atoms. The van der Waals surface area contributed by atoms with E-state index in [1.54, 1.807) is 7.11 Å². The van der Waals surface area contributed by atoms with Gasteiger partial charge < -0.3 is 14.8 Å². The van der Waals surface area contributed by atoms with Crippen molar-refractivity contribution in [2.45, 2.75) is 18.9 Å². The summed E-state index contributed by atoms with van der Waals surface area (Å²) >= 11 is 6.02. The maximum atomic E-state index is 11.6. The van der Waals surface area contributed by atoms with Gasteiger partial charge in [-0.05, 0) is 24.1 Å². The summed E-state index contributed by atoms with van der Waals surface area (Å²) in [6.07, 6.45) is 1.13. The Bertz CT molecular complexity index is 432. The second-order valence-corrected chi connectivity index (χ2v) is 4.68. The molecule has 5 heteroatoms. The molecule has 1 aromatic carbocycles. The highest BCUT2D eigenvalue weighted by Crippen LogP contribution is 2.25. The molecule has 0 radical (unpaired) electrons. The van der Waals surface area contributed by atoms with Gasteiger partial charge in [-0.25, -0.2) is 0 Å². The van der Waals surface area contributed by atoms with Gasteiger partial charge >= 0.3 is 0 Å². The van der Waals surface area contributed by atoms with Crippen LogP contribution in [0.25, 0.3) is 0 Å². The van der Waals surface area contributed by atoms with E-state index in [0.717, 1.165) is 5.56 Å². The Morgan fingerprint density at radius 2 is 2.33 bits per heavy atom. The molecule has 1 aliphatic heterocycles. The van der Waals surface area contributed by atoms with Crippen molar-refractivity contribution in [2.75, 3.05) is 20.3 Å². The molecule has 4 nitrogen and oxygen atoms in total. The standard InChI is InChI=1S/C13H16ClNO3/c1-17-12-4-2-9(6-11(12)14)3-5-13(16)15-10-7-18-8-10/h2,4,6,10H,3,5,7-8H2,1H3,(H,15,16). The van der Waals surface area contributed by atoms with E-state index in [-0.39, 0.29) is 11.9 Å². The highest BCUT2D eigenvalue weighted by molar-refractivity contribution is 6.32. The summed E-state index contributed by atoms with van der Waals surface area (Å²) in [6.45, 7) is 1.25. The fourth-order valence-corrected chi connectivity index (χ4v) is 2.02. The normalized spacial score (nSPS) is 15.0. The molecule has 1 aromatic rings. The maximum absolute atomic E-state index is 11.6. The molecule has 1 N–H and O–H groups in total. The summed E-state index contributed by atoms with van der Waals surface area (Å²) in [5, 5.41) is 3.47. The number of rotatable bonds is 5. The smallest absolute Gasteiger partial charge is 0.220 e. The summed E-state index contributed by atoms with van der Waals surface area (Å²) in [5.41, 5.74) is 1.03. The first-order chi connectivity index (χ1) is 8.69. The van der Waals surface area contributed by atoms with Crippen LogP contribution in [0.5, 0.6) is 5.75 Å². The van der Waals surface area contributed by atoms with Gasteiger partial charge in [-0.15, -0.1) is 0 Å². The first kappa shape index (κ1) is 13.2. The average Bonchev–Trinajstić information content (AvgIpc) is 2.31. The predicted molar refractivity (Wildman–Crippen MR) is 69.1 cm³/mol. The van der Waals surface area contributed by atoms with Gasteiger partial charge in [0.1, 0.15) is 5.75 Å². The second-order valence-electron chi connectivity index (χ2n) is 4.27. The summed E-state index contributed by atoms with van der Waals surface area (Å²) in [4.78, 5) is 11.6. The van der Waals surface area contributed by atoms with Crippen molar-refractivity contribution in [1.82, 2.24) is 5.32 Å². The van der Waals surface area contributed by atoms with Crippen LogP contribution in [0.3, 0.4) is 0 Å². The minimum absolute atomic E-state index is 0.0511. The number of ether oxygens (including phenoxy) is 2. The van der Waals surface area contributed by atoms with Crippen LogP contribution in [0.4, 0.5) is 0 Å². The molecule has 1 amide bonds. The molecule has 1 fully saturated rings. The van der Waals surface area contributed by atoms with Crippen molar-refractivity contribution >= 4 is 17.5 Å². The molecule has 2 rings (SSSR count). The predicted octanol–water partition coefficient (Wildman–Crippen LogP) is 1.80. The number of carbonyl (C=O) groups is 1. The van der Waals surface area contributed by atoms with Crippen LogP contribution in [0.1, 0.15) is 12.0 Å². The molecule has 98 valence electrons. The van der Waals surface area contributed by atoms with Crippen molar-refractivity contribution in [2.24, 2.45) is 0 Å². The lowest BCUT2D eigenvalue weighted by Gasteiger charge is -2.26. The van der Waals surface area contributed by atoms with E-state index in [2.05, 4.69) is 5.32 Å². The lowest BCUT2D eigenvalue weighted by molar-refractivity contribution is -0.125. The number of amides is 1. The maximum Gasteiger partial charge on any atom is 0.220 e. The van der Waals surface area contributed by atoms with Crippen molar-refractivity contribution in [3.05, 3.63) is 28.8 Å². The molecule has 0 aromatic heterocycles. The van der Waals surface area contributed by atoms with Crippen molar-refractivity contribution in [1.29, 1.82) is 0 Å². The largest absolute Gasteiger partial charge is 0.495 e. The van der Waals surface area contributed by atoms with Gasteiger partial charge in [-0.1, -0.05) is 17.7 Å².